The molecule has 1 unspecified atom stereocenters. The maximum Gasteiger partial charge on any atom is 0.323 e. The van der Waals surface area contributed by atoms with Crippen LogP contribution in [0.2, 0.25) is 0 Å². The van der Waals surface area contributed by atoms with Crippen LogP contribution in [-0.2, 0) is 14.3 Å². The number of nitrogens with one attached hydrogen (secondary N) is 1. The second-order valence-corrected chi connectivity index (χ2v) is 3.88. The van der Waals surface area contributed by atoms with E-state index in [0.717, 1.165) is 6.42 Å². The van der Waals surface area contributed by atoms with Gasteiger partial charge in [-0.25, -0.2) is 0 Å². The summed E-state index contributed by atoms with van der Waals surface area (Å²) < 4.78 is 4.95. The lowest BCUT2D eigenvalue weighted by Crippen LogP contribution is -2.44. The fourth-order valence-corrected chi connectivity index (χ4v) is 1.36. The molecule has 1 amide bonds. The summed E-state index contributed by atoms with van der Waals surface area (Å²) in [5, 5.41) is 2.95. The Kier molecular flexibility index (Phi) is 8.40. The predicted molar refractivity (Wildman–Crippen MR) is 66.6 cm³/mol. The molecule has 1 N–H and O–H groups in total. The van der Waals surface area contributed by atoms with E-state index in [0.29, 0.717) is 19.6 Å². The van der Waals surface area contributed by atoms with Crippen LogP contribution in [0.1, 0.15) is 33.6 Å². The standard InChI is InChI=1S/C12H24N2O3/c1-5-8-10(12(16)17-7-3)13-9-11(15)14(4)6-2/h10,13H,5-9H2,1-4H3. The smallest absolute Gasteiger partial charge is 0.323 e. The van der Waals surface area contributed by atoms with Crippen molar-refractivity contribution in [2.24, 2.45) is 0 Å². The summed E-state index contributed by atoms with van der Waals surface area (Å²) in [4.78, 5) is 24.8. The van der Waals surface area contributed by atoms with Gasteiger partial charge in [0.1, 0.15) is 6.04 Å². The van der Waals surface area contributed by atoms with E-state index in [1.54, 1.807) is 18.9 Å². The Morgan fingerprint density at radius 2 is 1.94 bits per heavy atom. The zero-order valence-electron chi connectivity index (χ0n) is 11.3. The van der Waals surface area contributed by atoms with E-state index in [-0.39, 0.29) is 24.5 Å². The fraction of sp³-hybridized carbons (Fsp3) is 0.833. The van der Waals surface area contributed by atoms with Gasteiger partial charge in [0.15, 0.2) is 0 Å². The van der Waals surface area contributed by atoms with Crippen LogP contribution in [0.3, 0.4) is 0 Å². The second-order valence-electron chi connectivity index (χ2n) is 3.88. The molecule has 0 fully saturated rings. The normalized spacial score (nSPS) is 12.0. The van der Waals surface area contributed by atoms with Crippen molar-refractivity contribution < 1.29 is 14.3 Å². The maximum atomic E-state index is 11.6. The Morgan fingerprint density at radius 1 is 1.29 bits per heavy atom. The highest BCUT2D eigenvalue weighted by Gasteiger charge is 2.19. The van der Waals surface area contributed by atoms with E-state index in [2.05, 4.69) is 5.32 Å². The molecule has 0 rings (SSSR count). The lowest BCUT2D eigenvalue weighted by atomic mass is 10.1. The number of carbonyl (C=O) groups excluding carboxylic acids is 2. The Hall–Kier alpha value is -1.10. The fourth-order valence-electron chi connectivity index (χ4n) is 1.36. The third-order valence-electron chi connectivity index (χ3n) is 2.55. The number of ether oxygens (including phenoxy) is 1. The van der Waals surface area contributed by atoms with Crippen molar-refractivity contribution >= 4 is 11.9 Å². The van der Waals surface area contributed by atoms with Gasteiger partial charge in [0.05, 0.1) is 13.2 Å². The molecule has 0 aliphatic carbocycles. The molecule has 100 valence electrons. The summed E-state index contributed by atoms with van der Waals surface area (Å²) in [6.07, 6.45) is 1.55. The van der Waals surface area contributed by atoms with Crippen LogP contribution in [0.5, 0.6) is 0 Å². The number of esters is 1. The first-order chi connectivity index (χ1) is 8.06. The quantitative estimate of drug-likeness (QED) is 0.641. The third kappa shape index (κ3) is 6.26. The highest BCUT2D eigenvalue weighted by atomic mass is 16.5. The van der Waals surface area contributed by atoms with Crippen molar-refractivity contribution in [2.75, 3.05) is 26.7 Å². The molecule has 0 aliphatic heterocycles. The number of nitrogens with zero attached hydrogens (tertiary/aromatic N) is 1. The van der Waals surface area contributed by atoms with Crippen LogP contribution in [0.4, 0.5) is 0 Å². The van der Waals surface area contributed by atoms with Crippen molar-refractivity contribution in [3.63, 3.8) is 0 Å². The van der Waals surface area contributed by atoms with Crippen molar-refractivity contribution in [3.05, 3.63) is 0 Å². The SMILES string of the molecule is CCCC(NCC(=O)N(C)CC)C(=O)OCC. The highest BCUT2D eigenvalue weighted by Crippen LogP contribution is 1.99. The number of amides is 1. The first kappa shape index (κ1) is 15.9. The van der Waals surface area contributed by atoms with Gasteiger partial charge < -0.3 is 9.64 Å². The number of hydrogen-bond acceptors (Lipinski definition) is 4. The molecule has 0 aliphatic rings. The number of hydrogen-bond donors (Lipinski definition) is 1. The molecular formula is C12H24N2O3. The van der Waals surface area contributed by atoms with Gasteiger partial charge in [-0.2, -0.15) is 0 Å². The number of likely N-dealkylation sites (N-methyl/N-ethyl adjacent to an activating group) is 1. The monoisotopic (exact) mass is 244 g/mol. The zero-order chi connectivity index (χ0) is 13.3. The number of carbonyl (C=O) groups is 2. The molecule has 5 nitrogen and oxygen atoms in total. The Balaban J connectivity index is 4.17. The average Bonchev–Trinajstić information content (AvgIpc) is 2.33. The van der Waals surface area contributed by atoms with E-state index in [1.807, 2.05) is 13.8 Å². The van der Waals surface area contributed by atoms with Gasteiger partial charge in [0.2, 0.25) is 5.91 Å². The minimum atomic E-state index is -0.380. The molecular weight excluding hydrogens is 220 g/mol. The molecule has 5 heteroatoms. The minimum Gasteiger partial charge on any atom is -0.465 e. The maximum absolute atomic E-state index is 11.6. The highest BCUT2D eigenvalue weighted by molar-refractivity contribution is 5.80. The summed E-state index contributed by atoms with van der Waals surface area (Å²) in [6.45, 7) is 6.88. The molecule has 0 aromatic rings. The van der Waals surface area contributed by atoms with E-state index >= 15 is 0 Å². The lowest BCUT2D eigenvalue weighted by Gasteiger charge is -2.19. The third-order valence-corrected chi connectivity index (χ3v) is 2.55. The molecule has 0 aromatic heterocycles. The molecule has 0 saturated carbocycles. The molecule has 0 heterocycles. The van der Waals surface area contributed by atoms with Crippen molar-refractivity contribution in [3.8, 4) is 0 Å². The Bertz CT molecular complexity index is 244. The summed E-state index contributed by atoms with van der Waals surface area (Å²) >= 11 is 0. The van der Waals surface area contributed by atoms with Gasteiger partial charge >= 0.3 is 5.97 Å². The van der Waals surface area contributed by atoms with Crippen LogP contribution in [0.15, 0.2) is 0 Å². The van der Waals surface area contributed by atoms with Gasteiger partial charge in [-0.15, -0.1) is 0 Å². The van der Waals surface area contributed by atoms with Crippen LogP contribution < -0.4 is 5.32 Å². The van der Waals surface area contributed by atoms with Crippen LogP contribution >= 0.6 is 0 Å². The zero-order valence-corrected chi connectivity index (χ0v) is 11.3. The molecule has 0 bridgehead atoms. The minimum absolute atomic E-state index is 0.0158. The number of rotatable bonds is 8. The van der Waals surface area contributed by atoms with Gasteiger partial charge in [0, 0.05) is 13.6 Å². The summed E-state index contributed by atoms with van der Waals surface area (Å²) in [6, 6.07) is -0.380. The summed E-state index contributed by atoms with van der Waals surface area (Å²) in [5.41, 5.74) is 0. The van der Waals surface area contributed by atoms with Crippen molar-refractivity contribution in [2.45, 2.75) is 39.7 Å². The first-order valence-electron chi connectivity index (χ1n) is 6.20. The van der Waals surface area contributed by atoms with Crippen LogP contribution in [-0.4, -0.2) is 49.6 Å². The largest absolute Gasteiger partial charge is 0.465 e. The van der Waals surface area contributed by atoms with Crippen molar-refractivity contribution in [1.82, 2.24) is 10.2 Å². The molecule has 0 saturated heterocycles. The van der Waals surface area contributed by atoms with Crippen LogP contribution in [0.25, 0.3) is 0 Å². The average molecular weight is 244 g/mol. The molecule has 0 spiro atoms. The second kappa shape index (κ2) is 8.98. The Labute approximate surface area is 103 Å². The van der Waals surface area contributed by atoms with Gasteiger partial charge in [-0.1, -0.05) is 13.3 Å². The van der Waals surface area contributed by atoms with Gasteiger partial charge in [0.25, 0.3) is 0 Å². The predicted octanol–water partition coefficient (Wildman–Crippen LogP) is 0.786. The first-order valence-corrected chi connectivity index (χ1v) is 6.20. The molecule has 0 aromatic carbocycles. The lowest BCUT2D eigenvalue weighted by molar-refractivity contribution is -0.146. The molecule has 0 radical (unpaired) electrons. The summed E-state index contributed by atoms with van der Waals surface area (Å²) in [5.74, 6) is -0.292. The van der Waals surface area contributed by atoms with Crippen LogP contribution in [0, 0.1) is 0 Å². The van der Waals surface area contributed by atoms with E-state index in [1.165, 1.54) is 0 Å². The van der Waals surface area contributed by atoms with Crippen molar-refractivity contribution in [1.29, 1.82) is 0 Å². The van der Waals surface area contributed by atoms with Gasteiger partial charge in [-0.3, -0.25) is 14.9 Å². The summed E-state index contributed by atoms with van der Waals surface area (Å²) in [7, 11) is 1.74. The van der Waals surface area contributed by atoms with E-state index in [9.17, 15) is 9.59 Å². The van der Waals surface area contributed by atoms with E-state index < -0.39 is 0 Å². The topological polar surface area (TPSA) is 58.6 Å². The van der Waals surface area contributed by atoms with E-state index in [4.69, 9.17) is 4.74 Å². The molecule has 1 atom stereocenters. The Morgan fingerprint density at radius 3 is 2.41 bits per heavy atom. The van der Waals surface area contributed by atoms with Gasteiger partial charge in [-0.05, 0) is 20.3 Å². The molecule has 17 heavy (non-hydrogen) atoms.